The average Bonchev–Trinajstić information content (AvgIpc) is 2.81. The van der Waals surface area contributed by atoms with Gasteiger partial charge in [-0.1, -0.05) is 10.3 Å². The zero-order valence-electron chi connectivity index (χ0n) is 11.7. The number of aryl methyl sites for hydroxylation is 1. The van der Waals surface area contributed by atoms with Crippen molar-refractivity contribution in [3.05, 3.63) is 40.2 Å². The number of nitrogens with two attached hydrogens (primary N) is 1. The number of carbonyl (C=O) groups is 1. The molecule has 2 rings (SSSR count). The molecule has 2 aromatic rings. The van der Waals surface area contributed by atoms with Crippen LogP contribution in [0, 0.1) is 13.8 Å². The molecular formula is C13H12F3N3O2S. The summed E-state index contributed by atoms with van der Waals surface area (Å²) in [6.07, 6.45) is -4.53. The summed E-state index contributed by atoms with van der Waals surface area (Å²) in [6.45, 7) is 3.08. The highest BCUT2D eigenvalue weighted by molar-refractivity contribution is 7.98. The lowest BCUT2D eigenvalue weighted by molar-refractivity contribution is -0.139. The fourth-order valence-electron chi connectivity index (χ4n) is 1.89. The van der Waals surface area contributed by atoms with Gasteiger partial charge in [0.15, 0.2) is 0 Å². The number of halogens is 3. The summed E-state index contributed by atoms with van der Waals surface area (Å²) in [7, 11) is 0. The molecule has 1 aromatic carbocycles. The highest BCUT2D eigenvalue weighted by Crippen LogP contribution is 2.40. The van der Waals surface area contributed by atoms with Gasteiger partial charge in [-0.25, -0.2) is 4.63 Å². The highest BCUT2D eigenvalue weighted by atomic mass is 32.2. The number of amides is 1. The maximum Gasteiger partial charge on any atom is 0.417 e. The maximum atomic E-state index is 13.1. The van der Waals surface area contributed by atoms with Crippen molar-refractivity contribution in [2.45, 2.75) is 30.7 Å². The second-order valence-corrected chi connectivity index (χ2v) is 5.55. The number of rotatable bonds is 4. The quantitative estimate of drug-likeness (QED) is 0.871. The van der Waals surface area contributed by atoms with E-state index in [2.05, 4.69) is 14.9 Å². The van der Waals surface area contributed by atoms with Crippen LogP contribution in [0.15, 0.2) is 21.7 Å². The topological polar surface area (TPSA) is 82.0 Å². The first-order valence-corrected chi connectivity index (χ1v) is 7.11. The van der Waals surface area contributed by atoms with Crippen LogP contribution < -0.4 is 5.73 Å². The third-order valence-electron chi connectivity index (χ3n) is 3.08. The SMILES string of the molecule is Cc1nonc1CSc1c(C(F)(F)F)ccc(C(N)=O)c1C. The van der Waals surface area contributed by atoms with Gasteiger partial charge in [0.2, 0.25) is 5.91 Å². The Morgan fingerprint density at radius 2 is 2.00 bits per heavy atom. The van der Waals surface area contributed by atoms with Crippen LogP contribution in [0.25, 0.3) is 0 Å². The molecule has 0 unspecified atom stereocenters. The molecule has 1 heterocycles. The van der Waals surface area contributed by atoms with Gasteiger partial charge >= 0.3 is 6.18 Å². The average molecular weight is 331 g/mol. The number of thioether (sulfide) groups is 1. The number of hydrogen-bond donors (Lipinski definition) is 1. The number of alkyl halides is 3. The zero-order valence-corrected chi connectivity index (χ0v) is 12.5. The van der Waals surface area contributed by atoms with E-state index in [4.69, 9.17) is 5.73 Å². The van der Waals surface area contributed by atoms with Gasteiger partial charge in [0.25, 0.3) is 0 Å². The van der Waals surface area contributed by atoms with E-state index in [-0.39, 0.29) is 21.8 Å². The van der Waals surface area contributed by atoms with E-state index in [1.54, 1.807) is 6.92 Å². The molecule has 0 radical (unpaired) electrons. The predicted molar refractivity (Wildman–Crippen MR) is 73.3 cm³/mol. The van der Waals surface area contributed by atoms with Gasteiger partial charge < -0.3 is 5.73 Å². The number of hydrogen-bond acceptors (Lipinski definition) is 5. The van der Waals surface area contributed by atoms with Crippen LogP contribution in [-0.2, 0) is 11.9 Å². The molecule has 2 N–H and O–H groups in total. The first-order valence-electron chi connectivity index (χ1n) is 6.13. The van der Waals surface area contributed by atoms with Crippen LogP contribution in [0.5, 0.6) is 0 Å². The summed E-state index contributed by atoms with van der Waals surface area (Å²) >= 11 is 0.914. The third kappa shape index (κ3) is 3.24. The molecule has 0 bridgehead atoms. The summed E-state index contributed by atoms with van der Waals surface area (Å²) in [6, 6.07) is 1.96. The zero-order chi connectivity index (χ0) is 16.5. The van der Waals surface area contributed by atoms with Crippen molar-refractivity contribution < 1.29 is 22.6 Å². The van der Waals surface area contributed by atoms with Crippen molar-refractivity contribution in [3.63, 3.8) is 0 Å². The molecule has 118 valence electrons. The third-order valence-corrected chi connectivity index (χ3v) is 4.31. The van der Waals surface area contributed by atoms with Crippen molar-refractivity contribution in [2.75, 3.05) is 0 Å². The predicted octanol–water partition coefficient (Wildman–Crippen LogP) is 3.10. The van der Waals surface area contributed by atoms with Crippen LogP contribution in [0.3, 0.4) is 0 Å². The van der Waals surface area contributed by atoms with Crippen LogP contribution in [-0.4, -0.2) is 16.2 Å². The van der Waals surface area contributed by atoms with Crippen molar-refractivity contribution >= 4 is 17.7 Å². The smallest absolute Gasteiger partial charge is 0.366 e. The van der Waals surface area contributed by atoms with Crippen LogP contribution in [0.4, 0.5) is 13.2 Å². The first-order chi connectivity index (χ1) is 10.2. The Bertz CT molecular complexity index is 713. The first kappa shape index (κ1) is 16.3. The van der Waals surface area contributed by atoms with E-state index in [1.165, 1.54) is 6.92 Å². The Labute approximate surface area is 128 Å². The lowest BCUT2D eigenvalue weighted by Crippen LogP contribution is -2.16. The van der Waals surface area contributed by atoms with E-state index < -0.39 is 17.6 Å². The lowest BCUT2D eigenvalue weighted by atomic mass is 10.0. The van der Waals surface area contributed by atoms with Crippen LogP contribution >= 0.6 is 11.8 Å². The molecule has 9 heteroatoms. The summed E-state index contributed by atoms with van der Waals surface area (Å²) in [5.41, 5.74) is 5.59. The molecule has 0 fully saturated rings. The van der Waals surface area contributed by atoms with Crippen LogP contribution in [0.2, 0.25) is 0 Å². The molecule has 0 aliphatic carbocycles. The molecule has 0 saturated heterocycles. The highest BCUT2D eigenvalue weighted by Gasteiger charge is 2.35. The summed E-state index contributed by atoms with van der Waals surface area (Å²) in [4.78, 5) is 11.3. The Balaban J connectivity index is 2.44. The molecule has 1 amide bonds. The standard InChI is InChI=1S/C13H12F3N3O2S/c1-6-8(12(17)20)3-4-9(13(14,15)16)11(6)22-5-10-7(2)18-21-19-10/h3-4H,5H2,1-2H3,(H2,17,20). The molecule has 0 saturated carbocycles. The monoisotopic (exact) mass is 331 g/mol. The minimum Gasteiger partial charge on any atom is -0.366 e. The van der Waals surface area contributed by atoms with Gasteiger partial charge in [-0.05, 0) is 31.5 Å². The van der Waals surface area contributed by atoms with Gasteiger partial charge in [-0.3, -0.25) is 4.79 Å². The Kier molecular flexibility index (Phi) is 4.45. The molecule has 0 atom stereocenters. The minimum atomic E-state index is -4.53. The number of primary amides is 1. The Morgan fingerprint density at radius 1 is 1.32 bits per heavy atom. The van der Waals surface area contributed by atoms with Crippen molar-refractivity contribution in [1.29, 1.82) is 0 Å². The van der Waals surface area contributed by atoms with E-state index in [0.717, 1.165) is 23.9 Å². The van der Waals surface area contributed by atoms with Gasteiger partial charge in [-0.2, -0.15) is 13.2 Å². The van der Waals surface area contributed by atoms with E-state index in [1.807, 2.05) is 0 Å². The van der Waals surface area contributed by atoms with Gasteiger partial charge in [0.05, 0.1) is 5.56 Å². The summed E-state index contributed by atoms with van der Waals surface area (Å²) in [5.74, 6) is -0.631. The Morgan fingerprint density at radius 3 is 2.50 bits per heavy atom. The number of aromatic nitrogens is 2. The number of nitrogens with zero attached hydrogens (tertiary/aromatic N) is 2. The normalized spacial score (nSPS) is 11.7. The lowest BCUT2D eigenvalue weighted by Gasteiger charge is -2.16. The van der Waals surface area contributed by atoms with Crippen LogP contribution in [0.1, 0.15) is 32.9 Å². The fourth-order valence-corrected chi connectivity index (χ4v) is 3.10. The molecule has 0 spiro atoms. The molecule has 0 aliphatic heterocycles. The molecule has 5 nitrogen and oxygen atoms in total. The molecule has 1 aromatic heterocycles. The molecule has 0 aliphatic rings. The van der Waals surface area contributed by atoms with E-state index in [0.29, 0.717) is 11.4 Å². The molecular weight excluding hydrogens is 319 g/mol. The van der Waals surface area contributed by atoms with Gasteiger partial charge in [0.1, 0.15) is 11.4 Å². The van der Waals surface area contributed by atoms with Gasteiger partial charge in [0, 0.05) is 16.2 Å². The maximum absolute atomic E-state index is 13.1. The summed E-state index contributed by atoms with van der Waals surface area (Å²) < 4.78 is 43.9. The number of carbonyl (C=O) groups excluding carboxylic acids is 1. The second-order valence-electron chi connectivity index (χ2n) is 4.56. The van der Waals surface area contributed by atoms with E-state index in [9.17, 15) is 18.0 Å². The van der Waals surface area contributed by atoms with E-state index >= 15 is 0 Å². The fraction of sp³-hybridized carbons (Fsp3) is 0.308. The van der Waals surface area contributed by atoms with Crippen molar-refractivity contribution in [3.8, 4) is 0 Å². The molecule has 22 heavy (non-hydrogen) atoms. The number of benzene rings is 1. The summed E-state index contributed by atoms with van der Waals surface area (Å²) in [5, 5.41) is 7.20. The van der Waals surface area contributed by atoms with Crippen molar-refractivity contribution in [1.82, 2.24) is 10.3 Å². The minimum absolute atomic E-state index is 0.0498. The largest absolute Gasteiger partial charge is 0.417 e. The van der Waals surface area contributed by atoms with Gasteiger partial charge in [-0.15, -0.1) is 11.8 Å². The van der Waals surface area contributed by atoms with Crippen molar-refractivity contribution in [2.24, 2.45) is 5.73 Å². The second kappa shape index (κ2) is 5.99. The Hall–Kier alpha value is -2.03.